The van der Waals surface area contributed by atoms with E-state index in [9.17, 15) is 9.59 Å². The molecule has 0 fully saturated rings. The van der Waals surface area contributed by atoms with Gasteiger partial charge in [-0.1, -0.05) is 38.1 Å². The van der Waals surface area contributed by atoms with Crippen molar-refractivity contribution in [2.75, 3.05) is 37.5 Å². The number of carbonyl (C=O) groups is 2. The largest absolute Gasteiger partial charge is 0.459 e. The number of carbonyl (C=O) groups excluding carboxylic acids is 2. The number of para-hydroxylation sites is 2. The van der Waals surface area contributed by atoms with Crippen LogP contribution in [0.1, 0.15) is 36.2 Å². The van der Waals surface area contributed by atoms with Gasteiger partial charge in [-0.15, -0.1) is 0 Å². The molecule has 0 radical (unpaired) electrons. The third kappa shape index (κ3) is 8.08. The fraction of sp³-hybridized carbons (Fsp3) is 0.407. The van der Waals surface area contributed by atoms with Gasteiger partial charge >= 0.3 is 0 Å². The number of rotatable bonds is 12. The Kier molecular flexibility index (Phi) is 10.3. The van der Waals surface area contributed by atoms with Crippen LogP contribution in [0.4, 0.5) is 11.4 Å². The summed E-state index contributed by atoms with van der Waals surface area (Å²) < 4.78 is 16.8. The van der Waals surface area contributed by atoms with Crippen molar-refractivity contribution in [3.8, 4) is 0 Å². The van der Waals surface area contributed by atoms with Crippen molar-refractivity contribution >= 4 is 23.2 Å². The molecule has 1 aliphatic rings. The second-order valence-electron chi connectivity index (χ2n) is 8.85. The lowest BCUT2D eigenvalue weighted by molar-refractivity contribution is -0.155. The summed E-state index contributed by atoms with van der Waals surface area (Å²) >= 11 is 0. The lowest BCUT2D eigenvalue weighted by Crippen LogP contribution is -2.34. The fourth-order valence-corrected chi connectivity index (χ4v) is 3.66. The van der Waals surface area contributed by atoms with E-state index in [1.165, 1.54) is 0 Å². The van der Waals surface area contributed by atoms with E-state index in [4.69, 9.17) is 25.1 Å². The molecule has 36 heavy (non-hydrogen) atoms. The number of ether oxygens (including phenoxy) is 3. The first-order chi connectivity index (χ1) is 17.4. The summed E-state index contributed by atoms with van der Waals surface area (Å²) in [6.45, 7) is 5.32. The first-order valence-corrected chi connectivity index (χ1v) is 12.1. The number of hydrogen-bond donors (Lipinski definition) is 4. The van der Waals surface area contributed by atoms with Crippen molar-refractivity contribution in [3.05, 3.63) is 71.5 Å². The Morgan fingerprint density at radius 2 is 1.83 bits per heavy atom. The number of allylic oxidation sites excluding steroid dienone is 1. The van der Waals surface area contributed by atoms with Gasteiger partial charge in [0, 0.05) is 18.5 Å². The number of benzene rings is 2. The molecule has 194 valence electrons. The molecule has 0 aromatic heterocycles. The minimum Gasteiger partial charge on any atom is -0.459 e. The van der Waals surface area contributed by atoms with Crippen LogP contribution in [0, 0.1) is 11.8 Å². The maximum absolute atomic E-state index is 12.8. The third-order valence-corrected chi connectivity index (χ3v) is 5.81. The van der Waals surface area contributed by atoms with Crippen molar-refractivity contribution in [1.82, 2.24) is 5.32 Å². The van der Waals surface area contributed by atoms with E-state index in [1.54, 1.807) is 48.5 Å². The molecular formula is C27H35N3O6. The average Bonchev–Trinajstić information content (AvgIpc) is 2.88. The quantitative estimate of drug-likeness (QED) is 0.262. The zero-order valence-electron chi connectivity index (χ0n) is 20.7. The molecule has 0 saturated carbocycles. The summed E-state index contributed by atoms with van der Waals surface area (Å²) in [4.78, 5) is 25.3. The molecular weight excluding hydrogens is 462 g/mol. The van der Waals surface area contributed by atoms with Gasteiger partial charge in [-0.05, 0) is 47.7 Å². The van der Waals surface area contributed by atoms with Gasteiger partial charge in [0.2, 0.25) is 6.29 Å². The van der Waals surface area contributed by atoms with Gasteiger partial charge in [0.05, 0.1) is 37.8 Å². The molecule has 0 bridgehead atoms. The average molecular weight is 498 g/mol. The Hall–Kier alpha value is -3.40. The van der Waals surface area contributed by atoms with E-state index in [0.29, 0.717) is 42.5 Å². The Bertz CT molecular complexity index is 1040. The SMILES string of the molecule is CC(C)C1C=C(C(=O)NCc2ccc(C(=O)Nc3ccccc3N)cc2)OC(OCCOCCO)C1. The molecule has 0 aliphatic carbocycles. The Labute approximate surface area is 211 Å². The van der Waals surface area contributed by atoms with Gasteiger partial charge in [0.15, 0.2) is 5.76 Å². The molecule has 5 N–H and O–H groups in total. The minimum atomic E-state index is -0.544. The Morgan fingerprint density at radius 3 is 2.53 bits per heavy atom. The molecule has 2 aromatic rings. The highest BCUT2D eigenvalue weighted by Gasteiger charge is 2.29. The summed E-state index contributed by atoms with van der Waals surface area (Å²) in [6.07, 6.45) is 1.95. The van der Waals surface area contributed by atoms with Crippen molar-refractivity contribution in [3.63, 3.8) is 0 Å². The molecule has 2 atom stereocenters. The van der Waals surface area contributed by atoms with Crippen LogP contribution in [-0.2, 0) is 25.5 Å². The van der Waals surface area contributed by atoms with Crippen LogP contribution >= 0.6 is 0 Å². The second-order valence-corrected chi connectivity index (χ2v) is 8.85. The number of anilines is 2. The number of nitrogens with two attached hydrogens (primary N) is 1. The topological polar surface area (TPSA) is 132 Å². The summed E-state index contributed by atoms with van der Waals surface area (Å²) in [5.74, 6) is 0.0963. The van der Waals surface area contributed by atoms with E-state index in [0.717, 1.165) is 5.56 Å². The van der Waals surface area contributed by atoms with Gasteiger partial charge in [-0.2, -0.15) is 0 Å². The van der Waals surface area contributed by atoms with Crippen molar-refractivity contribution in [2.45, 2.75) is 33.1 Å². The minimum absolute atomic E-state index is 0.0405. The number of amides is 2. The maximum Gasteiger partial charge on any atom is 0.286 e. The fourth-order valence-electron chi connectivity index (χ4n) is 3.66. The molecule has 9 nitrogen and oxygen atoms in total. The normalized spacial score (nSPS) is 17.3. The highest BCUT2D eigenvalue weighted by atomic mass is 16.7. The van der Waals surface area contributed by atoms with Gasteiger partial charge in [-0.3, -0.25) is 9.59 Å². The standard InChI is InChI=1S/C27H35N3O6/c1-18(2)21-15-24(36-25(16-21)35-14-13-34-12-11-31)27(33)29-17-19-7-9-20(10-8-19)26(32)30-23-6-4-3-5-22(23)28/h3-10,15,18,21,25,31H,11-14,16-17,28H2,1-2H3,(H,29,33)(H,30,32). The molecule has 2 unspecified atom stereocenters. The van der Waals surface area contributed by atoms with Crippen LogP contribution in [0.3, 0.4) is 0 Å². The van der Waals surface area contributed by atoms with Gasteiger partial charge in [0.1, 0.15) is 0 Å². The first-order valence-electron chi connectivity index (χ1n) is 12.1. The van der Waals surface area contributed by atoms with Crippen LogP contribution in [0.2, 0.25) is 0 Å². The zero-order valence-corrected chi connectivity index (χ0v) is 20.7. The van der Waals surface area contributed by atoms with Gasteiger partial charge < -0.3 is 35.7 Å². The molecule has 2 amide bonds. The Balaban J connectivity index is 1.53. The van der Waals surface area contributed by atoms with Crippen LogP contribution in [-0.4, -0.2) is 49.6 Å². The monoisotopic (exact) mass is 497 g/mol. The number of aliphatic hydroxyl groups excluding tert-OH is 1. The molecule has 9 heteroatoms. The maximum atomic E-state index is 12.8. The van der Waals surface area contributed by atoms with Crippen LogP contribution in [0.15, 0.2) is 60.4 Å². The summed E-state index contributed by atoms with van der Waals surface area (Å²) in [6, 6.07) is 14.0. The van der Waals surface area contributed by atoms with E-state index < -0.39 is 6.29 Å². The zero-order chi connectivity index (χ0) is 25.9. The molecule has 2 aromatic carbocycles. The van der Waals surface area contributed by atoms with E-state index in [1.807, 2.05) is 6.08 Å². The highest BCUT2D eigenvalue weighted by Crippen LogP contribution is 2.28. The van der Waals surface area contributed by atoms with E-state index in [-0.39, 0.29) is 43.2 Å². The van der Waals surface area contributed by atoms with Gasteiger partial charge in [0.25, 0.3) is 11.8 Å². The van der Waals surface area contributed by atoms with Crippen LogP contribution in [0.25, 0.3) is 0 Å². The number of hydrogen-bond acceptors (Lipinski definition) is 7. The molecule has 1 aliphatic heterocycles. The molecule has 3 rings (SSSR count). The molecule has 0 saturated heterocycles. The Morgan fingerprint density at radius 1 is 1.08 bits per heavy atom. The van der Waals surface area contributed by atoms with Crippen molar-refractivity contribution in [2.24, 2.45) is 11.8 Å². The van der Waals surface area contributed by atoms with Crippen molar-refractivity contribution < 1.29 is 28.9 Å². The van der Waals surface area contributed by atoms with Crippen LogP contribution < -0.4 is 16.4 Å². The lowest BCUT2D eigenvalue weighted by Gasteiger charge is -2.30. The summed E-state index contributed by atoms with van der Waals surface area (Å²) in [7, 11) is 0. The molecule has 0 spiro atoms. The van der Waals surface area contributed by atoms with Crippen molar-refractivity contribution in [1.29, 1.82) is 0 Å². The predicted molar refractivity (Wildman–Crippen MR) is 137 cm³/mol. The predicted octanol–water partition coefficient (Wildman–Crippen LogP) is 3.07. The van der Waals surface area contributed by atoms with Crippen LogP contribution in [0.5, 0.6) is 0 Å². The van der Waals surface area contributed by atoms with E-state index >= 15 is 0 Å². The smallest absolute Gasteiger partial charge is 0.286 e. The number of nitrogens with one attached hydrogen (secondary N) is 2. The van der Waals surface area contributed by atoms with E-state index in [2.05, 4.69) is 24.5 Å². The molecule has 1 heterocycles. The highest BCUT2D eigenvalue weighted by molar-refractivity contribution is 6.05. The number of nitrogen functional groups attached to an aromatic ring is 1. The lowest BCUT2D eigenvalue weighted by atomic mass is 9.90. The van der Waals surface area contributed by atoms with Gasteiger partial charge in [-0.25, -0.2) is 0 Å². The third-order valence-electron chi connectivity index (χ3n) is 5.81. The summed E-state index contributed by atoms with van der Waals surface area (Å²) in [5.41, 5.74) is 8.25. The summed E-state index contributed by atoms with van der Waals surface area (Å²) in [5, 5.41) is 14.4. The number of aliphatic hydroxyl groups is 1. The second kappa shape index (κ2) is 13.6. The first kappa shape index (κ1) is 27.2.